The molecular weight excluding hydrogens is 446 g/mol. The fourth-order valence-corrected chi connectivity index (χ4v) is 5.18. The average Bonchev–Trinajstić information content (AvgIpc) is 3.43. The van der Waals surface area contributed by atoms with Crippen LogP contribution in [0.5, 0.6) is 0 Å². The number of hydrogen-bond donors (Lipinski definition) is 0. The maximum absolute atomic E-state index is 4.21. The minimum absolute atomic E-state index is 0.943. The zero-order valence-electron chi connectivity index (χ0n) is 20.9. The van der Waals surface area contributed by atoms with Gasteiger partial charge in [-0.25, -0.2) is 0 Å². The van der Waals surface area contributed by atoms with Gasteiger partial charge < -0.3 is 4.90 Å². The Balaban J connectivity index is 1.23. The number of hydrogen-bond acceptors (Lipinski definition) is 1. The van der Waals surface area contributed by atoms with E-state index in [1.165, 1.54) is 33.4 Å². The van der Waals surface area contributed by atoms with Crippen LogP contribution in [-0.4, -0.2) is 0 Å². The first kappa shape index (κ1) is 22.9. The summed E-state index contributed by atoms with van der Waals surface area (Å²) in [5, 5.41) is 0. The standard InChI is InChI=1S/C36H29N/c1-27-10-7-8-25-37(36-16-9-15-34(27)36)33-23-21-31(22-24-33)35-14-6-5-13-32(35)26-28-17-19-30(20-18-28)29-11-3-2-4-12-29/h2-4,7-8,10-25H,1,5-6,26H2/b10-7-,25-8-. The van der Waals surface area contributed by atoms with Crippen LogP contribution in [0.25, 0.3) is 16.7 Å². The van der Waals surface area contributed by atoms with Crippen molar-refractivity contribution < 1.29 is 0 Å². The summed E-state index contributed by atoms with van der Waals surface area (Å²) >= 11 is 0. The molecule has 1 nitrogen and oxygen atoms in total. The topological polar surface area (TPSA) is 3.24 Å². The Morgan fingerprint density at radius 3 is 2.27 bits per heavy atom. The molecule has 0 spiro atoms. The lowest BCUT2D eigenvalue weighted by Crippen LogP contribution is -2.16. The highest BCUT2D eigenvalue weighted by molar-refractivity contribution is 5.81. The quantitative estimate of drug-likeness (QED) is 0.333. The van der Waals surface area contributed by atoms with Gasteiger partial charge in [0, 0.05) is 23.5 Å². The second kappa shape index (κ2) is 10.2. The number of allylic oxidation sites excluding steroid dienone is 10. The van der Waals surface area contributed by atoms with Crippen LogP contribution in [-0.2, 0) is 6.42 Å². The van der Waals surface area contributed by atoms with Crippen molar-refractivity contribution >= 4 is 11.3 Å². The minimum atomic E-state index is 0.943. The van der Waals surface area contributed by atoms with Crippen molar-refractivity contribution in [1.82, 2.24) is 0 Å². The molecule has 1 heteroatoms. The van der Waals surface area contributed by atoms with Crippen LogP contribution < -0.4 is 4.90 Å². The molecule has 0 saturated heterocycles. The number of nitrogens with zero attached hydrogens (tertiary/aromatic N) is 1. The van der Waals surface area contributed by atoms with Gasteiger partial charge in [-0.1, -0.05) is 97.6 Å². The van der Waals surface area contributed by atoms with Crippen molar-refractivity contribution in [3.63, 3.8) is 0 Å². The molecule has 0 fully saturated rings. The molecular formula is C36H29N. The fourth-order valence-electron chi connectivity index (χ4n) is 5.18. The molecule has 0 N–H and O–H groups in total. The summed E-state index contributed by atoms with van der Waals surface area (Å²) in [4.78, 5) is 2.21. The molecule has 0 amide bonds. The van der Waals surface area contributed by atoms with Gasteiger partial charge in [-0.15, -0.1) is 5.73 Å². The SMILES string of the molecule is C=C1/C=C\C=C/N(c2ccc(C3=CCCC=C3Cc3ccc(-c4ccccc4)cc3)cc2)C2=C1C=C=C2. The highest BCUT2D eigenvalue weighted by Crippen LogP contribution is 2.34. The molecule has 0 radical (unpaired) electrons. The third-order valence-corrected chi connectivity index (χ3v) is 7.14. The Bertz CT molecular complexity index is 1550. The first-order valence-corrected chi connectivity index (χ1v) is 12.9. The Hall–Kier alpha value is -4.58. The molecule has 178 valence electrons. The molecule has 2 aliphatic carbocycles. The second-order valence-electron chi connectivity index (χ2n) is 9.56. The van der Waals surface area contributed by atoms with E-state index in [0.29, 0.717) is 0 Å². The number of benzene rings is 3. The summed E-state index contributed by atoms with van der Waals surface area (Å²) in [6.07, 6.45) is 20.2. The van der Waals surface area contributed by atoms with Crippen LogP contribution >= 0.6 is 0 Å². The predicted molar refractivity (Wildman–Crippen MR) is 157 cm³/mol. The zero-order chi connectivity index (χ0) is 25.0. The van der Waals surface area contributed by atoms with Crippen LogP contribution in [0.2, 0.25) is 0 Å². The van der Waals surface area contributed by atoms with E-state index in [-0.39, 0.29) is 0 Å². The normalized spacial score (nSPS) is 18.2. The molecule has 3 aromatic rings. The molecule has 1 heterocycles. The van der Waals surface area contributed by atoms with E-state index in [1.54, 1.807) is 0 Å². The summed E-state index contributed by atoms with van der Waals surface area (Å²) in [6, 6.07) is 28.5. The molecule has 3 aliphatic rings. The number of anilines is 1. The van der Waals surface area contributed by atoms with Gasteiger partial charge in [-0.05, 0) is 82.5 Å². The van der Waals surface area contributed by atoms with E-state index < -0.39 is 0 Å². The molecule has 6 rings (SSSR count). The van der Waals surface area contributed by atoms with Crippen LogP contribution in [0.4, 0.5) is 5.69 Å². The highest BCUT2D eigenvalue weighted by Gasteiger charge is 2.18. The molecule has 0 unspecified atom stereocenters. The van der Waals surface area contributed by atoms with E-state index in [2.05, 4.69) is 121 Å². The zero-order valence-corrected chi connectivity index (χ0v) is 20.9. The monoisotopic (exact) mass is 475 g/mol. The van der Waals surface area contributed by atoms with Gasteiger partial charge in [0.05, 0.1) is 5.70 Å². The van der Waals surface area contributed by atoms with Gasteiger partial charge in [-0.3, -0.25) is 0 Å². The smallest absolute Gasteiger partial charge is 0.0616 e. The van der Waals surface area contributed by atoms with Crippen LogP contribution in [0.15, 0.2) is 162 Å². The van der Waals surface area contributed by atoms with E-state index in [4.69, 9.17) is 0 Å². The van der Waals surface area contributed by atoms with Gasteiger partial charge in [0.25, 0.3) is 0 Å². The van der Waals surface area contributed by atoms with Gasteiger partial charge in [0.15, 0.2) is 0 Å². The van der Waals surface area contributed by atoms with Crippen molar-refractivity contribution in [2.75, 3.05) is 4.90 Å². The first-order chi connectivity index (χ1) is 18.3. The van der Waals surface area contributed by atoms with E-state index in [9.17, 15) is 0 Å². The van der Waals surface area contributed by atoms with Gasteiger partial charge in [0.2, 0.25) is 0 Å². The van der Waals surface area contributed by atoms with Crippen LogP contribution in [0.1, 0.15) is 24.0 Å². The maximum Gasteiger partial charge on any atom is 0.0616 e. The Morgan fingerprint density at radius 2 is 1.46 bits per heavy atom. The minimum Gasteiger partial charge on any atom is -0.316 e. The van der Waals surface area contributed by atoms with Gasteiger partial charge in [0.1, 0.15) is 0 Å². The lowest BCUT2D eigenvalue weighted by molar-refractivity contribution is 1.00. The van der Waals surface area contributed by atoms with E-state index in [0.717, 1.165) is 41.8 Å². The predicted octanol–water partition coefficient (Wildman–Crippen LogP) is 9.12. The van der Waals surface area contributed by atoms with Gasteiger partial charge >= 0.3 is 0 Å². The summed E-state index contributed by atoms with van der Waals surface area (Å²) in [7, 11) is 0. The van der Waals surface area contributed by atoms with Crippen molar-refractivity contribution in [3.05, 3.63) is 173 Å². The van der Waals surface area contributed by atoms with Crippen molar-refractivity contribution in [3.8, 4) is 11.1 Å². The molecule has 37 heavy (non-hydrogen) atoms. The fraction of sp³-hybridized carbons (Fsp3) is 0.0833. The third-order valence-electron chi connectivity index (χ3n) is 7.14. The molecule has 1 aliphatic heterocycles. The summed E-state index contributed by atoms with van der Waals surface area (Å²) in [5.74, 6) is 0. The highest BCUT2D eigenvalue weighted by atomic mass is 15.1. The molecule has 0 bridgehead atoms. The van der Waals surface area contributed by atoms with Crippen molar-refractivity contribution in [1.29, 1.82) is 0 Å². The van der Waals surface area contributed by atoms with Crippen LogP contribution in [0, 0.1) is 0 Å². The largest absolute Gasteiger partial charge is 0.316 e. The second-order valence-corrected chi connectivity index (χ2v) is 9.56. The van der Waals surface area contributed by atoms with E-state index >= 15 is 0 Å². The average molecular weight is 476 g/mol. The first-order valence-electron chi connectivity index (χ1n) is 12.9. The third kappa shape index (κ3) is 4.78. The summed E-state index contributed by atoms with van der Waals surface area (Å²) in [5.41, 5.74) is 15.5. The van der Waals surface area contributed by atoms with E-state index in [1.807, 2.05) is 24.3 Å². The Labute approximate surface area is 219 Å². The Kier molecular flexibility index (Phi) is 6.29. The van der Waals surface area contributed by atoms with Crippen molar-refractivity contribution in [2.24, 2.45) is 0 Å². The molecule has 0 saturated carbocycles. The lowest BCUT2D eigenvalue weighted by atomic mass is 9.87. The molecule has 0 atom stereocenters. The molecule has 0 aromatic heterocycles. The number of rotatable bonds is 5. The van der Waals surface area contributed by atoms with Crippen LogP contribution in [0.3, 0.4) is 0 Å². The van der Waals surface area contributed by atoms with Gasteiger partial charge in [-0.2, -0.15) is 0 Å². The maximum atomic E-state index is 4.21. The summed E-state index contributed by atoms with van der Waals surface area (Å²) < 4.78 is 0. The lowest BCUT2D eigenvalue weighted by Gasteiger charge is -2.24. The Morgan fingerprint density at radius 1 is 0.730 bits per heavy atom. The summed E-state index contributed by atoms with van der Waals surface area (Å²) in [6.45, 7) is 4.21. The molecule has 3 aromatic carbocycles. The van der Waals surface area contributed by atoms with Crippen molar-refractivity contribution in [2.45, 2.75) is 19.3 Å².